The highest BCUT2D eigenvalue weighted by atomic mass is 16.2. The van der Waals surface area contributed by atoms with Crippen molar-refractivity contribution in [3.05, 3.63) is 0 Å². The van der Waals surface area contributed by atoms with Crippen LogP contribution in [0.1, 0.15) is 19.8 Å². The van der Waals surface area contributed by atoms with E-state index < -0.39 is 0 Å². The van der Waals surface area contributed by atoms with Crippen LogP contribution in [0.3, 0.4) is 0 Å². The second-order valence-corrected chi connectivity index (χ2v) is 5.58. The highest BCUT2D eigenvalue weighted by Gasteiger charge is 2.38. The SMILES string of the molecule is C#CCN1CCN(C(=O)C2(C)CCNCC2)CC1. The van der Waals surface area contributed by atoms with Gasteiger partial charge in [0.15, 0.2) is 0 Å². The third-order valence-corrected chi connectivity index (χ3v) is 4.20. The van der Waals surface area contributed by atoms with Crippen LogP contribution in [0.4, 0.5) is 0 Å². The third-order valence-electron chi connectivity index (χ3n) is 4.20. The predicted octanol–water partition coefficient (Wildman–Crippen LogP) is 0.154. The summed E-state index contributed by atoms with van der Waals surface area (Å²) in [5.74, 6) is 3.00. The normalized spacial score (nSPS) is 24.6. The highest BCUT2D eigenvalue weighted by Crippen LogP contribution is 2.30. The summed E-state index contributed by atoms with van der Waals surface area (Å²) < 4.78 is 0. The first-order valence-electron chi connectivity index (χ1n) is 6.82. The third kappa shape index (κ3) is 2.85. The van der Waals surface area contributed by atoms with Crippen LogP contribution < -0.4 is 5.32 Å². The van der Waals surface area contributed by atoms with Gasteiger partial charge in [-0.15, -0.1) is 6.42 Å². The summed E-state index contributed by atoms with van der Waals surface area (Å²) in [4.78, 5) is 16.8. The number of nitrogens with one attached hydrogen (secondary N) is 1. The summed E-state index contributed by atoms with van der Waals surface area (Å²) in [7, 11) is 0. The van der Waals surface area contributed by atoms with E-state index in [1.165, 1.54) is 0 Å². The maximum Gasteiger partial charge on any atom is 0.228 e. The zero-order valence-corrected chi connectivity index (χ0v) is 11.2. The maximum absolute atomic E-state index is 12.6. The molecular weight excluding hydrogens is 226 g/mol. The van der Waals surface area contributed by atoms with Gasteiger partial charge in [0.1, 0.15) is 0 Å². The lowest BCUT2D eigenvalue weighted by Crippen LogP contribution is -2.54. The van der Waals surface area contributed by atoms with E-state index in [0.717, 1.165) is 52.1 Å². The quantitative estimate of drug-likeness (QED) is 0.708. The Kier molecular flexibility index (Phi) is 4.26. The summed E-state index contributed by atoms with van der Waals surface area (Å²) in [6.45, 7) is 8.19. The van der Waals surface area contributed by atoms with Gasteiger partial charge in [-0.05, 0) is 25.9 Å². The van der Waals surface area contributed by atoms with Gasteiger partial charge in [0.25, 0.3) is 0 Å². The fourth-order valence-electron chi connectivity index (χ4n) is 2.81. The summed E-state index contributed by atoms with van der Waals surface area (Å²) in [6, 6.07) is 0. The number of piperidine rings is 1. The van der Waals surface area contributed by atoms with Crippen LogP contribution in [0.25, 0.3) is 0 Å². The van der Waals surface area contributed by atoms with Crippen LogP contribution in [0.15, 0.2) is 0 Å². The molecule has 0 bridgehead atoms. The summed E-state index contributed by atoms with van der Waals surface area (Å²) in [6.07, 6.45) is 7.22. The van der Waals surface area contributed by atoms with Crippen molar-refractivity contribution in [1.29, 1.82) is 0 Å². The number of amides is 1. The number of nitrogens with zero attached hydrogens (tertiary/aromatic N) is 2. The molecule has 0 unspecified atom stereocenters. The molecule has 2 aliphatic rings. The standard InChI is InChI=1S/C14H23N3O/c1-3-8-16-9-11-17(12-10-16)13(18)14(2)4-6-15-7-5-14/h1,15H,4-12H2,2H3. The van der Waals surface area contributed by atoms with Crippen molar-refractivity contribution < 1.29 is 4.79 Å². The lowest BCUT2D eigenvalue weighted by Gasteiger charge is -2.41. The van der Waals surface area contributed by atoms with E-state index in [9.17, 15) is 4.79 Å². The summed E-state index contributed by atoms with van der Waals surface area (Å²) in [5.41, 5.74) is -0.153. The number of hydrogen-bond acceptors (Lipinski definition) is 3. The molecule has 0 saturated carbocycles. The Bertz CT molecular complexity index is 333. The Morgan fingerprint density at radius 1 is 1.28 bits per heavy atom. The fraction of sp³-hybridized carbons (Fsp3) is 0.786. The van der Waals surface area contributed by atoms with Gasteiger partial charge in [0.2, 0.25) is 5.91 Å². The van der Waals surface area contributed by atoms with Gasteiger partial charge in [0, 0.05) is 31.6 Å². The fourth-order valence-corrected chi connectivity index (χ4v) is 2.81. The second-order valence-electron chi connectivity index (χ2n) is 5.58. The topological polar surface area (TPSA) is 35.6 Å². The average molecular weight is 249 g/mol. The molecular formula is C14H23N3O. The number of carbonyl (C=O) groups excluding carboxylic acids is 1. The molecule has 0 aromatic rings. The van der Waals surface area contributed by atoms with Crippen LogP contribution in [-0.4, -0.2) is 61.5 Å². The molecule has 2 aliphatic heterocycles. The molecule has 2 rings (SSSR count). The molecule has 4 heteroatoms. The van der Waals surface area contributed by atoms with Crippen molar-refractivity contribution in [3.63, 3.8) is 0 Å². The first-order valence-corrected chi connectivity index (χ1v) is 6.82. The molecule has 4 nitrogen and oxygen atoms in total. The van der Waals surface area contributed by atoms with Crippen LogP contribution in [0.5, 0.6) is 0 Å². The largest absolute Gasteiger partial charge is 0.340 e. The molecule has 1 amide bonds. The average Bonchev–Trinajstić information content (AvgIpc) is 2.40. The molecule has 2 saturated heterocycles. The molecule has 1 N–H and O–H groups in total. The molecule has 2 heterocycles. The van der Waals surface area contributed by atoms with E-state index >= 15 is 0 Å². The zero-order valence-electron chi connectivity index (χ0n) is 11.2. The van der Waals surface area contributed by atoms with Crippen LogP contribution in [0, 0.1) is 17.8 Å². The molecule has 0 aromatic heterocycles. The Labute approximate surface area is 110 Å². The first kappa shape index (κ1) is 13.4. The van der Waals surface area contributed by atoms with Gasteiger partial charge < -0.3 is 10.2 Å². The number of carbonyl (C=O) groups is 1. The van der Waals surface area contributed by atoms with Crippen molar-refractivity contribution in [1.82, 2.24) is 15.1 Å². The molecule has 0 radical (unpaired) electrons. The van der Waals surface area contributed by atoms with Crippen LogP contribution in [0.2, 0.25) is 0 Å². The molecule has 18 heavy (non-hydrogen) atoms. The molecule has 0 aromatic carbocycles. The van der Waals surface area contributed by atoms with E-state index in [1.54, 1.807) is 0 Å². The molecule has 0 spiro atoms. The van der Waals surface area contributed by atoms with Gasteiger partial charge >= 0.3 is 0 Å². The van der Waals surface area contributed by atoms with Gasteiger partial charge in [-0.3, -0.25) is 9.69 Å². The minimum atomic E-state index is -0.153. The van der Waals surface area contributed by atoms with Gasteiger partial charge in [-0.25, -0.2) is 0 Å². The summed E-state index contributed by atoms with van der Waals surface area (Å²) in [5, 5.41) is 3.32. The van der Waals surface area contributed by atoms with E-state index in [-0.39, 0.29) is 5.41 Å². The van der Waals surface area contributed by atoms with Crippen molar-refractivity contribution >= 4 is 5.91 Å². The van der Waals surface area contributed by atoms with Crippen LogP contribution >= 0.6 is 0 Å². The van der Waals surface area contributed by atoms with Gasteiger partial charge in [-0.1, -0.05) is 12.8 Å². The van der Waals surface area contributed by atoms with E-state index in [4.69, 9.17) is 6.42 Å². The second kappa shape index (κ2) is 5.73. The Morgan fingerprint density at radius 3 is 2.44 bits per heavy atom. The van der Waals surface area contributed by atoms with Crippen molar-refractivity contribution in [2.45, 2.75) is 19.8 Å². The Morgan fingerprint density at radius 2 is 1.89 bits per heavy atom. The number of piperazine rings is 1. The molecule has 0 aliphatic carbocycles. The first-order chi connectivity index (χ1) is 8.65. The lowest BCUT2D eigenvalue weighted by molar-refractivity contribution is -0.144. The van der Waals surface area contributed by atoms with Crippen LogP contribution in [-0.2, 0) is 4.79 Å². The van der Waals surface area contributed by atoms with E-state index in [0.29, 0.717) is 12.5 Å². The Balaban J connectivity index is 1.89. The highest BCUT2D eigenvalue weighted by molar-refractivity contribution is 5.82. The van der Waals surface area contributed by atoms with Crippen molar-refractivity contribution in [2.75, 3.05) is 45.8 Å². The zero-order chi connectivity index (χ0) is 13.0. The number of rotatable bonds is 2. The lowest BCUT2D eigenvalue weighted by atomic mass is 9.79. The monoisotopic (exact) mass is 249 g/mol. The number of hydrogen-bond donors (Lipinski definition) is 1. The van der Waals surface area contributed by atoms with Crippen molar-refractivity contribution in [3.8, 4) is 12.3 Å². The van der Waals surface area contributed by atoms with Gasteiger partial charge in [0.05, 0.1) is 6.54 Å². The molecule has 100 valence electrons. The number of terminal acetylenes is 1. The predicted molar refractivity (Wildman–Crippen MR) is 72.1 cm³/mol. The van der Waals surface area contributed by atoms with E-state index in [2.05, 4.69) is 23.1 Å². The minimum Gasteiger partial charge on any atom is -0.340 e. The smallest absolute Gasteiger partial charge is 0.228 e. The van der Waals surface area contributed by atoms with Crippen molar-refractivity contribution in [2.24, 2.45) is 5.41 Å². The molecule has 0 atom stereocenters. The van der Waals surface area contributed by atoms with Gasteiger partial charge in [-0.2, -0.15) is 0 Å². The Hall–Kier alpha value is -1.05. The van der Waals surface area contributed by atoms with E-state index in [1.807, 2.05) is 4.90 Å². The molecule has 2 fully saturated rings. The maximum atomic E-state index is 12.6. The minimum absolute atomic E-state index is 0.153. The summed E-state index contributed by atoms with van der Waals surface area (Å²) >= 11 is 0.